The average molecular weight is 1200 g/mol. The van der Waals surface area contributed by atoms with Crippen molar-refractivity contribution in [3.63, 3.8) is 0 Å². The topological polar surface area (TPSA) is 91.0 Å². The molecule has 3 heterocycles. The van der Waals surface area contributed by atoms with Crippen LogP contribution in [0.1, 0.15) is 103 Å². The molecule has 6 nitrogen and oxygen atoms in total. The summed E-state index contributed by atoms with van der Waals surface area (Å²) in [5.74, 6) is 0.440. The summed E-state index contributed by atoms with van der Waals surface area (Å²) < 4.78 is 0. The van der Waals surface area contributed by atoms with Crippen LogP contribution < -0.4 is 0 Å². The molecule has 9 rings (SSSR count). The summed E-state index contributed by atoms with van der Waals surface area (Å²) in [6.45, 7) is 22.0. The van der Waals surface area contributed by atoms with E-state index in [4.69, 9.17) is 20.0 Å². The predicted molar refractivity (Wildman–Crippen MR) is 254 cm³/mol. The molecule has 2 N–H and O–H groups in total. The number of para-hydroxylation sites is 4. The molecule has 2 aliphatic heterocycles. The van der Waals surface area contributed by atoms with Crippen LogP contribution in [0.2, 0.25) is 0 Å². The second-order valence-corrected chi connectivity index (χ2v) is 19.8. The molecule has 0 saturated heterocycles. The van der Waals surface area contributed by atoms with Gasteiger partial charge in [-0.05, 0) is 46.2 Å². The molecule has 0 unspecified atom stereocenters. The number of hydrogen-bond donors (Lipinski definition) is 2. The summed E-state index contributed by atoms with van der Waals surface area (Å²) in [5.41, 5.74) is 15.3. The predicted octanol–water partition coefficient (Wildman–Crippen LogP) is 13.6. The number of rotatable bonds is 6. The van der Waals surface area contributed by atoms with E-state index in [-0.39, 0.29) is 64.5 Å². The molecule has 7 aromatic rings. The van der Waals surface area contributed by atoms with Gasteiger partial charge in [0.1, 0.15) is 11.5 Å². The Hall–Kier alpha value is -5.28. The standard InChI is InChI=1S/C56H52N4O2.2Pt/c1-53(2,3)37-27-33(39-19-15-21-43-49(39)59-51(55(43,7)8)41-17-11-13-23-47(41)61)25-35(29-37)45-31-46(58-32-57-45)36-26-34(28-38(30-36)54(4,5)6)40-20-16-22-44-50(40)60-52(56(44,9)10)42-18-12-14-24-48(42)62;;/h11-24,27-32,61-62H,1-10H3;;/q-2;;. The number of aromatic hydroxyl groups is 2. The number of phenolic OH excluding ortho intramolecular Hbond substituents is 2. The summed E-state index contributed by atoms with van der Waals surface area (Å²) in [4.78, 5) is 20.2. The third-order valence-electron chi connectivity index (χ3n) is 12.6. The molecule has 2 aliphatic rings. The quantitative estimate of drug-likeness (QED) is 0.162. The van der Waals surface area contributed by atoms with Crippen molar-refractivity contribution >= 4 is 22.8 Å². The van der Waals surface area contributed by atoms with Gasteiger partial charge in [-0.3, -0.25) is 20.0 Å². The van der Waals surface area contributed by atoms with Gasteiger partial charge in [0.05, 0.1) is 17.8 Å². The molecule has 0 saturated carbocycles. The molecular formula is C56H52N4O2Pt2-2. The third kappa shape index (κ3) is 8.18. The maximum Gasteiger partial charge on any atom is 0.124 e. The van der Waals surface area contributed by atoms with E-state index in [0.717, 1.165) is 101 Å². The second-order valence-electron chi connectivity index (χ2n) is 19.8. The van der Waals surface area contributed by atoms with E-state index >= 15 is 0 Å². The minimum absolute atomic E-state index is 0. The second kappa shape index (κ2) is 16.9. The molecule has 0 bridgehead atoms. The Morgan fingerprint density at radius 2 is 0.812 bits per heavy atom. The van der Waals surface area contributed by atoms with Gasteiger partial charge in [-0.15, -0.1) is 58.7 Å². The van der Waals surface area contributed by atoms with Crippen LogP contribution in [-0.2, 0) is 63.8 Å². The molecule has 0 radical (unpaired) electrons. The van der Waals surface area contributed by atoms with Crippen LogP contribution in [0.5, 0.6) is 11.5 Å². The first-order valence-corrected chi connectivity index (χ1v) is 21.3. The van der Waals surface area contributed by atoms with E-state index in [0.29, 0.717) is 0 Å². The largest absolute Gasteiger partial charge is 0.507 e. The maximum absolute atomic E-state index is 10.9. The van der Waals surface area contributed by atoms with Gasteiger partial charge in [0.25, 0.3) is 0 Å². The Balaban J connectivity index is 0.00000306. The summed E-state index contributed by atoms with van der Waals surface area (Å²) >= 11 is 0. The Kier molecular flexibility index (Phi) is 12.4. The van der Waals surface area contributed by atoms with E-state index in [1.54, 1.807) is 18.5 Å². The molecule has 0 fully saturated rings. The first kappa shape index (κ1) is 46.7. The first-order chi connectivity index (χ1) is 29.3. The zero-order chi connectivity index (χ0) is 43.9. The molecule has 0 spiro atoms. The Labute approximate surface area is 406 Å². The van der Waals surface area contributed by atoms with E-state index in [1.165, 1.54) is 0 Å². The SMILES string of the molecule is CC(C)(C)c1cc(-c2cc(-c3[c-]c(-c4cccc5c4N=C(c4ccccc4O)C5(C)C)cc(C(C)(C)C)c3)ncn2)[c-]c(-c2cccc3c2N=C(c2ccccc2O)C3(C)C)c1.[Pt].[Pt]. The van der Waals surface area contributed by atoms with Crippen LogP contribution >= 0.6 is 0 Å². The Morgan fingerprint density at radius 3 is 1.19 bits per heavy atom. The molecule has 6 aromatic carbocycles. The monoisotopic (exact) mass is 1200 g/mol. The van der Waals surface area contributed by atoms with Crippen molar-refractivity contribution in [3.8, 4) is 56.3 Å². The number of benzene rings is 6. The minimum atomic E-state index is -0.428. The van der Waals surface area contributed by atoms with Crippen molar-refractivity contribution in [1.29, 1.82) is 0 Å². The maximum atomic E-state index is 10.9. The summed E-state index contributed by atoms with van der Waals surface area (Å²) in [6, 6.07) is 46.0. The van der Waals surface area contributed by atoms with Crippen molar-refractivity contribution in [3.05, 3.63) is 167 Å². The van der Waals surface area contributed by atoms with E-state index in [2.05, 4.69) is 142 Å². The molecular weight excluding hydrogens is 1150 g/mol. The minimum Gasteiger partial charge on any atom is -0.507 e. The normalized spacial score (nSPS) is 14.7. The van der Waals surface area contributed by atoms with Crippen LogP contribution in [0, 0.1) is 12.1 Å². The van der Waals surface area contributed by atoms with Gasteiger partial charge >= 0.3 is 0 Å². The molecule has 8 heteroatoms. The zero-order valence-corrected chi connectivity index (χ0v) is 42.4. The number of aliphatic imine (C=N–C) groups is 2. The number of phenols is 2. The zero-order valence-electron chi connectivity index (χ0n) is 37.9. The van der Waals surface area contributed by atoms with Crippen LogP contribution in [0.15, 0.2) is 132 Å². The summed E-state index contributed by atoms with van der Waals surface area (Å²) in [7, 11) is 0. The van der Waals surface area contributed by atoms with E-state index in [9.17, 15) is 10.2 Å². The van der Waals surface area contributed by atoms with E-state index < -0.39 is 10.8 Å². The van der Waals surface area contributed by atoms with Gasteiger partial charge in [0, 0.05) is 86.9 Å². The fraction of sp³-hybridized carbons (Fsp3) is 0.250. The number of fused-ring (bicyclic) bond motifs is 2. The van der Waals surface area contributed by atoms with E-state index in [1.807, 2.05) is 42.5 Å². The third-order valence-corrected chi connectivity index (χ3v) is 12.6. The van der Waals surface area contributed by atoms with Gasteiger partial charge in [-0.25, -0.2) is 0 Å². The first-order valence-electron chi connectivity index (χ1n) is 21.3. The Morgan fingerprint density at radius 1 is 0.453 bits per heavy atom. The van der Waals surface area contributed by atoms with Gasteiger partial charge in [0.15, 0.2) is 0 Å². The van der Waals surface area contributed by atoms with Gasteiger partial charge in [0.2, 0.25) is 0 Å². The van der Waals surface area contributed by atoms with Gasteiger partial charge in [-0.1, -0.05) is 158 Å². The Bertz CT molecular complexity index is 2820. The van der Waals surface area contributed by atoms with Crippen molar-refractivity contribution in [1.82, 2.24) is 9.97 Å². The van der Waals surface area contributed by atoms with Crippen LogP contribution in [0.3, 0.4) is 0 Å². The summed E-state index contributed by atoms with van der Waals surface area (Å²) in [5, 5.41) is 21.8. The summed E-state index contributed by atoms with van der Waals surface area (Å²) in [6.07, 6.45) is 1.64. The van der Waals surface area contributed by atoms with Gasteiger partial charge in [-0.2, -0.15) is 0 Å². The number of aromatic nitrogens is 2. The van der Waals surface area contributed by atoms with Crippen molar-refractivity contribution in [2.75, 3.05) is 0 Å². The van der Waals surface area contributed by atoms with Crippen LogP contribution in [0.4, 0.5) is 11.4 Å². The molecule has 64 heavy (non-hydrogen) atoms. The molecule has 1 aromatic heterocycles. The molecule has 0 amide bonds. The fourth-order valence-corrected chi connectivity index (χ4v) is 8.89. The van der Waals surface area contributed by atoms with Crippen LogP contribution in [0.25, 0.3) is 44.8 Å². The smallest absolute Gasteiger partial charge is 0.124 e. The van der Waals surface area contributed by atoms with Crippen LogP contribution in [-0.4, -0.2) is 31.6 Å². The fourth-order valence-electron chi connectivity index (χ4n) is 8.89. The van der Waals surface area contributed by atoms with Crippen molar-refractivity contribution < 1.29 is 52.3 Å². The molecule has 330 valence electrons. The number of nitrogens with zero attached hydrogens (tertiary/aromatic N) is 4. The number of hydrogen-bond acceptors (Lipinski definition) is 6. The average Bonchev–Trinajstić information content (AvgIpc) is 3.67. The molecule has 0 aliphatic carbocycles. The van der Waals surface area contributed by atoms with Crippen molar-refractivity contribution in [2.45, 2.75) is 90.9 Å². The van der Waals surface area contributed by atoms with Gasteiger partial charge < -0.3 is 10.2 Å². The van der Waals surface area contributed by atoms with Crippen molar-refractivity contribution in [2.24, 2.45) is 9.98 Å². The molecule has 0 atom stereocenters.